The average molecular weight is 334 g/mol. The number of aromatic hydroxyl groups is 1. The summed E-state index contributed by atoms with van der Waals surface area (Å²) in [6, 6.07) is 11.4. The molecule has 0 saturated carbocycles. The van der Waals surface area contributed by atoms with Crippen molar-refractivity contribution in [3.05, 3.63) is 53.1 Å². The van der Waals surface area contributed by atoms with Gasteiger partial charge in [0.2, 0.25) is 0 Å². The zero-order valence-electron chi connectivity index (χ0n) is 14.1. The van der Waals surface area contributed by atoms with Crippen LogP contribution in [0.3, 0.4) is 0 Å². The van der Waals surface area contributed by atoms with Crippen LogP contribution in [0.1, 0.15) is 23.6 Å². The van der Waals surface area contributed by atoms with E-state index in [0.29, 0.717) is 12.4 Å². The second-order valence-electron chi connectivity index (χ2n) is 6.84. The first-order chi connectivity index (χ1) is 12.0. The molecular formula is C21H18O4. The molecule has 25 heavy (non-hydrogen) atoms. The highest BCUT2D eigenvalue weighted by molar-refractivity contribution is 6.08. The zero-order valence-corrected chi connectivity index (χ0v) is 14.1. The number of methoxy groups -OCH3 is 1. The van der Waals surface area contributed by atoms with Crippen molar-refractivity contribution in [1.82, 2.24) is 0 Å². The zero-order chi connectivity index (χ0) is 17.3. The van der Waals surface area contributed by atoms with Crippen LogP contribution >= 0.6 is 0 Å². The molecule has 1 unspecified atom stereocenters. The molecule has 3 aromatic carbocycles. The van der Waals surface area contributed by atoms with Crippen LogP contribution < -0.4 is 9.47 Å². The molecule has 0 saturated heterocycles. The molecule has 0 aromatic heterocycles. The molecule has 4 nitrogen and oxygen atoms in total. The van der Waals surface area contributed by atoms with Crippen molar-refractivity contribution in [1.29, 1.82) is 0 Å². The van der Waals surface area contributed by atoms with Gasteiger partial charge in [-0.05, 0) is 41.3 Å². The van der Waals surface area contributed by atoms with Crippen LogP contribution in [0.15, 0.2) is 36.4 Å². The van der Waals surface area contributed by atoms with E-state index in [1.165, 1.54) is 0 Å². The van der Waals surface area contributed by atoms with Crippen molar-refractivity contribution in [2.75, 3.05) is 13.7 Å². The highest BCUT2D eigenvalue weighted by atomic mass is 16.5. The Hall–Kier alpha value is -2.72. The smallest absolute Gasteiger partial charge is 0.165 e. The minimum Gasteiger partial charge on any atom is -0.507 e. The molecule has 0 spiro atoms. The topological polar surface area (TPSA) is 58.9 Å². The molecule has 126 valence electrons. The van der Waals surface area contributed by atoms with Gasteiger partial charge in [0.1, 0.15) is 11.4 Å². The van der Waals surface area contributed by atoms with E-state index in [2.05, 4.69) is 0 Å². The van der Waals surface area contributed by atoms with E-state index in [9.17, 15) is 10.2 Å². The van der Waals surface area contributed by atoms with Crippen molar-refractivity contribution < 1.29 is 19.7 Å². The SMILES string of the molecule is COc1cc2c(O)cc3c(c2c2c1OCC2)-c1ccccc1C3(C)O. The Morgan fingerprint density at radius 3 is 2.76 bits per heavy atom. The molecule has 5 rings (SSSR count). The van der Waals surface area contributed by atoms with Gasteiger partial charge in [0.05, 0.1) is 13.7 Å². The predicted octanol–water partition coefficient (Wildman–Crippen LogP) is 3.73. The molecule has 2 aliphatic rings. The maximum absolute atomic E-state index is 11.2. The largest absolute Gasteiger partial charge is 0.507 e. The molecule has 1 heterocycles. The number of rotatable bonds is 1. The minimum atomic E-state index is -1.14. The summed E-state index contributed by atoms with van der Waals surface area (Å²) < 4.78 is 11.3. The lowest BCUT2D eigenvalue weighted by Crippen LogP contribution is -2.19. The van der Waals surface area contributed by atoms with Gasteiger partial charge in [-0.25, -0.2) is 0 Å². The summed E-state index contributed by atoms with van der Waals surface area (Å²) in [6.45, 7) is 2.37. The van der Waals surface area contributed by atoms with Crippen molar-refractivity contribution in [2.24, 2.45) is 0 Å². The third-order valence-corrected chi connectivity index (χ3v) is 5.48. The monoisotopic (exact) mass is 334 g/mol. The number of hydrogen-bond donors (Lipinski definition) is 2. The van der Waals surface area contributed by atoms with Crippen LogP contribution in [-0.4, -0.2) is 23.9 Å². The summed E-state index contributed by atoms with van der Waals surface area (Å²) in [5, 5.41) is 23.5. The molecule has 1 aliphatic carbocycles. The Kier molecular flexibility index (Phi) is 2.73. The maximum atomic E-state index is 11.2. The second kappa shape index (κ2) is 4.67. The van der Waals surface area contributed by atoms with E-state index < -0.39 is 5.60 Å². The van der Waals surface area contributed by atoms with E-state index >= 15 is 0 Å². The van der Waals surface area contributed by atoms with Crippen molar-refractivity contribution in [3.8, 4) is 28.4 Å². The molecule has 0 amide bonds. The fourth-order valence-corrected chi connectivity index (χ4v) is 4.34. The highest BCUT2D eigenvalue weighted by Gasteiger charge is 2.40. The van der Waals surface area contributed by atoms with E-state index in [1.54, 1.807) is 20.1 Å². The lowest BCUT2D eigenvalue weighted by molar-refractivity contribution is 0.107. The fourth-order valence-electron chi connectivity index (χ4n) is 4.34. The minimum absolute atomic E-state index is 0.148. The molecule has 0 fully saturated rings. The van der Waals surface area contributed by atoms with Crippen molar-refractivity contribution >= 4 is 10.8 Å². The molecule has 0 radical (unpaired) electrons. The summed E-state index contributed by atoms with van der Waals surface area (Å²) in [4.78, 5) is 0. The molecule has 0 bridgehead atoms. The number of ether oxygens (including phenoxy) is 2. The fraction of sp³-hybridized carbons (Fsp3) is 0.238. The number of fused-ring (bicyclic) bond motifs is 7. The second-order valence-corrected chi connectivity index (χ2v) is 6.84. The van der Waals surface area contributed by atoms with Gasteiger partial charge in [-0.15, -0.1) is 0 Å². The van der Waals surface area contributed by atoms with Crippen LogP contribution in [0.5, 0.6) is 17.2 Å². The van der Waals surface area contributed by atoms with Gasteiger partial charge in [-0.2, -0.15) is 0 Å². The molecule has 1 aliphatic heterocycles. The predicted molar refractivity (Wildman–Crippen MR) is 95.5 cm³/mol. The lowest BCUT2D eigenvalue weighted by Gasteiger charge is -2.21. The van der Waals surface area contributed by atoms with E-state index in [4.69, 9.17) is 9.47 Å². The van der Waals surface area contributed by atoms with Gasteiger partial charge in [0.15, 0.2) is 11.5 Å². The Balaban J connectivity index is 2.01. The van der Waals surface area contributed by atoms with Crippen molar-refractivity contribution in [3.63, 3.8) is 0 Å². The number of phenols is 1. The number of phenolic OH excluding ortho intramolecular Hbond substituents is 1. The van der Waals surface area contributed by atoms with E-state index in [-0.39, 0.29) is 5.75 Å². The summed E-state index contributed by atoms with van der Waals surface area (Å²) in [5.74, 6) is 1.52. The van der Waals surface area contributed by atoms with Gasteiger partial charge in [-0.1, -0.05) is 24.3 Å². The molecule has 1 atom stereocenters. The first-order valence-electron chi connectivity index (χ1n) is 8.39. The standard InChI is InChI=1S/C21H18O4/c1-21(23)14-6-4-3-5-11(14)19-15(21)10-16(22)13-9-17(24-2)20-12(18(13)19)7-8-25-20/h3-6,9-10,22-23H,7-8H2,1-2H3. The van der Waals surface area contributed by atoms with Crippen LogP contribution in [0.25, 0.3) is 21.9 Å². The number of hydrogen-bond acceptors (Lipinski definition) is 4. The summed E-state index contributed by atoms with van der Waals surface area (Å²) >= 11 is 0. The van der Waals surface area contributed by atoms with Gasteiger partial charge >= 0.3 is 0 Å². The van der Waals surface area contributed by atoms with Gasteiger partial charge in [-0.3, -0.25) is 0 Å². The van der Waals surface area contributed by atoms with E-state index in [1.807, 2.05) is 30.3 Å². The first kappa shape index (κ1) is 14.6. The van der Waals surface area contributed by atoms with Crippen LogP contribution in [0.2, 0.25) is 0 Å². The maximum Gasteiger partial charge on any atom is 0.165 e. The van der Waals surface area contributed by atoms with Gasteiger partial charge < -0.3 is 19.7 Å². The number of benzene rings is 3. The lowest BCUT2D eigenvalue weighted by atomic mass is 9.89. The summed E-state index contributed by atoms with van der Waals surface area (Å²) in [7, 11) is 1.60. The van der Waals surface area contributed by atoms with Crippen LogP contribution in [0.4, 0.5) is 0 Å². The Bertz CT molecular complexity index is 1050. The van der Waals surface area contributed by atoms with Crippen LogP contribution in [-0.2, 0) is 12.0 Å². The molecular weight excluding hydrogens is 316 g/mol. The molecule has 2 N–H and O–H groups in total. The number of aliphatic hydroxyl groups is 1. The summed E-state index contributed by atoms with van der Waals surface area (Å²) in [6.07, 6.45) is 0.753. The third kappa shape index (κ3) is 1.70. The summed E-state index contributed by atoms with van der Waals surface area (Å²) in [5.41, 5.74) is 3.49. The third-order valence-electron chi connectivity index (χ3n) is 5.48. The average Bonchev–Trinajstić information content (AvgIpc) is 3.18. The van der Waals surface area contributed by atoms with Gasteiger partial charge in [0, 0.05) is 22.8 Å². The quantitative estimate of drug-likeness (QED) is 0.712. The normalized spacial score (nSPS) is 20.1. The Morgan fingerprint density at radius 1 is 1.16 bits per heavy atom. The van der Waals surface area contributed by atoms with Crippen molar-refractivity contribution in [2.45, 2.75) is 18.9 Å². The van der Waals surface area contributed by atoms with E-state index in [0.717, 1.165) is 50.8 Å². The van der Waals surface area contributed by atoms with Gasteiger partial charge in [0.25, 0.3) is 0 Å². The molecule has 4 heteroatoms. The Labute approximate surface area is 145 Å². The first-order valence-corrected chi connectivity index (χ1v) is 8.39. The Morgan fingerprint density at radius 2 is 1.96 bits per heavy atom. The highest BCUT2D eigenvalue weighted by Crippen LogP contribution is 2.55. The molecule has 3 aromatic rings. The van der Waals surface area contributed by atoms with Crippen LogP contribution in [0, 0.1) is 0 Å².